The van der Waals surface area contributed by atoms with E-state index in [0.29, 0.717) is 0 Å². The molecule has 5 aromatic rings. The van der Waals surface area contributed by atoms with Crippen LogP contribution in [-0.2, 0) is 0 Å². The smallest absolute Gasteiger partial charge is 0.0484 e. The van der Waals surface area contributed by atoms with Crippen LogP contribution in [0.5, 0.6) is 0 Å². The monoisotopic (exact) mass is 431 g/mol. The van der Waals surface area contributed by atoms with Gasteiger partial charge >= 0.3 is 0 Å². The van der Waals surface area contributed by atoms with Crippen molar-refractivity contribution in [3.8, 4) is 22.3 Å². The fourth-order valence-corrected chi connectivity index (χ4v) is 4.19. The highest BCUT2D eigenvalue weighted by Crippen LogP contribution is 2.37. The topological polar surface area (TPSA) is 3.24 Å². The molecule has 0 bridgehead atoms. The van der Waals surface area contributed by atoms with E-state index >= 15 is 0 Å². The van der Waals surface area contributed by atoms with Gasteiger partial charge in [0.15, 0.2) is 0 Å². The lowest BCUT2D eigenvalue weighted by atomic mass is 10.0. The number of hydrogen-bond donors (Lipinski definition) is 0. The molecule has 0 radical (unpaired) electrons. The third kappa shape index (κ3) is 4.16. The van der Waals surface area contributed by atoms with Gasteiger partial charge in [-0.2, -0.15) is 0 Å². The highest BCUT2D eigenvalue weighted by atomic mass is 35.5. The molecule has 154 valence electrons. The number of nitrogens with zero attached hydrogens (tertiary/aromatic N) is 1. The van der Waals surface area contributed by atoms with Crippen LogP contribution in [0, 0.1) is 0 Å². The summed E-state index contributed by atoms with van der Waals surface area (Å²) < 4.78 is 0. The highest BCUT2D eigenvalue weighted by Gasteiger charge is 2.13. The summed E-state index contributed by atoms with van der Waals surface area (Å²) in [6.45, 7) is 0. The lowest BCUT2D eigenvalue weighted by Gasteiger charge is -2.26. The van der Waals surface area contributed by atoms with Gasteiger partial charge in [-0.1, -0.05) is 103 Å². The molecule has 0 N–H and O–H groups in total. The molecule has 0 aliphatic rings. The van der Waals surface area contributed by atoms with Gasteiger partial charge in [0.25, 0.3) is 0 Å². The van der Waals surface area contributed by atoms with Gasteiger partial charge in [-0.05, 0) is 59.2 Å². The lowest BCUT2D eigenvalue weighted by Crippen LogP contribution is -2.09. The molecule has 5 aromatic carbocycles. The quantitative estimate of drug-likeness (QED) is 0.268. The Morgan fingerprint density at radius 1 is 0.375 bits per heavy atom. The van der Waals surface area contributed by atoms with Crippen LogP contribution in [0.3, 0.4) is 0 Å². The van der Waals surface area contributed by atoms with Crippen molar-refractivity contribution in [1.82, 2.24) is 0 Å². The Hall–Kier alpha value is -3.81. The summed E-state index contributed by atoms with van der Waals surface area (Å²) in [5.74, 6) is 0. The van der Waals surface area contributed by atoms with Crippen molar-refractivity contribution in [3.05, 3.63) is 138 Å². The minimum Gasteiger partial charge on any atom is -0.311 e. The Balaban J connectivity index is 1.53. The molecular weight excluding hydrogens is 410 g/mol. The number of halogens is 1. The van der Waals surface area contributed by atoms with Crippen molar-refractivity contribution < 1.29 is 0 Å². The number of anilines is 3. The number of benzene rings is 5. The predicted octanol–water partition coefficient (Wildman–Crippen LogP) is 9.14. The second kappa shape index (κ2) is 9.13. The van der Waals surface area contributed by atoms with E-state index in [0.717, 1.165) is 33.2 Å². The van der Waals surface area contributed by atoms with E-state index in [2.05, 4.69) is 108 Å². The van der Waals surface area contributed by atoms with Crippen molar-refractivity contribution in [3.63, 3.8) is 0 Å². The zero-order valence-corrected chi connectivity index (χ0v) is 18.3. The average Bonchev–Trinajstić information content (AvgIpc) is 2.87. The second-order valence-electron chi connectivity index (χ2n) is 7.61. The molecule has 0 unspecified atom stereocenters. The molecule has 5 rings (SSSR count). The van der Waals surface area contributed by atoms with Crippen molar-refractivity contribution >= 4 is 28.7 Å². The molecule has 0 amide bonds. The second-order valence-corrected chi connectivity index (χ2v) is 8.02. The Bertz CT molecular complexity index is 1290. The van der Waals surface area contributed by atoms with Gasteiger partial charge < -0.3 is 4.90 Å². The third-order valence-corrected chi connectivity index (χ3v) is 5.89. The van der Waals surface area contributed by atoms with Crippen LogP contribution in [0.2, 0.25) is 5.02 Å². The first-order valence-corrected chi connectivity index (χ1v) is 11.0. The largest absolute Gasteiger partial charge is 0.311 e. The van der Waals surface area contributed by atoms with Crippen LogP contribution < -0.4 is 4.90 Å². The van der Waals surface area contributed by atoms with Crippen molar-refractivity contribution in [1.29, 1.82) is 0 Å². The molecule has 0 aliphatic heterocycles. The minimum absolute atomic E-state index is 0.761. The van der Waals surface area contributed by atoms with Gasteiger partial charge in [-0.3, -0.25) is 0 Å². The summed E-state index contributed by atoms with van der Waals surface area (Å²) in [7, 11) is 0. The molecule has 0 aliphatic carbocycles. The van der Waals surface area contributed by atoms with Gasteiger partial charge in [0.1, 0.15) is 0 Å². The summed E-state index contributed by atoms with van der Waals surface area (Å²) in [4.78, 5) is 2.27. The molecule has 0 saturated carbocycles. The fourth-order valence-electron chi connectivity index (χ4n) is 3.94. The molecule has 0 heterocycles. The lowest BCUT2D eigenvalue weighted by molar-refractivity contribution is 1.28. The van der Waals surface area contributed by atoms with E-state index in [9.17, 15) is 0 Å². The van der Waals surface area contributed by atoms with Crippen LogP contribution in [0.1, 0.15) is 0 Å². The summed E-state index contributed by atoms with van der Waals surface area (Å²) in [5.41, 5.74) is 7.89. The van der Waals surface area contributed by atoms with Crippen LogP contribution in [0.4, 0.5) is 17.1 Å². The van der Waals surface area contributed by atoms with Gasteiger partial charge in [0.05, 0.1) is 0 Å². The molecule has 0 saturated heterocycles. The molecule has 32 heavy (non-hydrogen) atoms. The summed E-state index contributed by atoms with van der Waals surface area (Å²) in [6.07, 6.45) is 0. The molecule has 2 heteroatoms. The van der Waals surface area contributed by atoms with Gasteiger partial charge in [-0.15, -0.1) is 0 Å². The maximum atomic E-state index is 6.41. The van der Waals surface area contributed by atoms with E-state index in [1.807, 2.05) is 30.3 Å². The van der Waals surface area contributed by atoms with E-state index in [1.54, 1.807) is 0 Å². The summed E-state index contributed by atoms with van der Waals surface area (Å²) in [6, 6.07) is 46.1. The van der Waals surface area contributed by atoms with Crippen LogP contribution in [0.25, 0.3) is 22.3 Å². The summed E-state index contributed by atoms with van der Waals surface area (Å²) >= 11 is 6.41. The maximum Gasteiger partial charge on any atom is 0.0484 e. The molecule has 0 fully saturated rings. The van der Waals surface area contributed by atoms with Gasteiger partial charge in [-0.25, -0.2) is 0 Å². The van der Waals surface area contributed by atoms with Crippen LogP contribution in [0.15, 0.2) is 133 Å². The van der Waals surface area contributed by atoms with E-state index in [1.165, 1.54) is 11.1 Å². The van der Waals surface area contributed by atoms with Crippen molar-refractivity contribution in [2.75, 3.05) is 4.90 Å². The van der Waals surface area contributed by atoms with Crippen molar-refractivity contribution in [2.45, 2.75) is 0 Å². The van der Waals surface area contributed by atoms with E-state index in [-0.39, 0.29) is 0 Å². The number of rotatable bonds is 5. The highest BCUT2D eigenvalue weighted by molar-refractivity contribution is 6.33. The SMILES string of the molecule is Clc1ccccc1-c1ccc(N(c2ccccc2)c2ccc(-c3ccccc3)cc2)cc1. The average molecular weight is 432 g/mol. The van der Waals surface area contributed by atoms with E-state index < -0.39 is 0 Å². The van der Waals surface area contributed by atoms with Gasteiger partial charge in [0, 0.05) is 27.6 Å². The Kier molecular flexibility index (Phi) is 5.74. The maximum absolute atomic E-state index is 6.41. The van der Waals surface area contributed by atoms with Crippen LogP contribution >= 0.6 is 11.6 Å². The Morgan fingerprint density at radius 3 is 1.41 bits per heavy atom. The first-order chi connectivity index (χ1) is 15.8. The first kappa shape index (κ1) is 20.1. The fraction of sp³-hybridized carbons (Fsp3) is 0. The van der Waals surface area contributed by atoms with Gasteiger partial charge in [0.2, 0.25) is 0 Å². The third-order valence-electron chi connectivity index (χ3n) is 5.56. The molecule has 0 atom stereocenters. The summed E-state index contributed by atoms with van der Waals surface area (Å²) in [5, 5.41) is 0.761. The van der Waals surface area contributed by atoms with E-state index in [4.69, 9.17) is 11.6 Å². The zero-order valence-electron chi connectivity index (χ0n) is 17.5. The number of hydrogen-bond acceptors (Lipinski definition) is 1. The number of para-hydroxylation sites is 1. The zero-order chi connectivity index (χ0) is 21.8. The molecular formula is C30H22ClN. The normalized spacial score (nSPS) is 10.7. The molecule has 0 aromatic heterocycles. The standard InChI is InChI=1S/C30H22ClN/c31-30-14-8-7-13-29(30)25-17-21-28(22-18-25)32(26-11-5-2-6-12-26)27-19-15-24(16-20-27)23-9-3-1-4-10-23/h1-22H. The predicted molar refractivity (Wildman–Crippen MR) is 137 cm³/mol. The molecule has 0 spiro atoms. The van der Waals surface area contributed by atoms with Crippen molar-refractivity contribution in [2.24, 2.45) is 0 Å². The minimum atomic E-state index is 0.761. The Labute approximate surface area is 194 Å². The van der Waals surface area contributed by atoms with Crippen LogP contribution in [-0.4, -0.2) is 0 Å². The Morgan fingerprint density at radius 2 is 0.812 bits per heavy atom. The molecule has 1 nitrogen and oxygen atoms in total. The first-order valence-electron chi connectivity index (χ1n) is 10.7.